The third-order valence-electron chi connectivity index (χ3n) is 9.27. The Morgan fingerprint density at radius 2 is 1.15 bits per heavy atom. The quantitative estimate of drug-likeness (QED) is 0.584. The highest BCUT2D eigenvalue weighted by Crippen LogP contribution is 2.66. The highest BCUT2D eigenvalue weighted by atomic mass is 16.5. The smallest absolute Gasteiger partial charge is 0.167 e. The molecule has 0 saturated heterocycles. The minimum atomic E-state index is -0.338. The molecular formula is C22H31NO3. The molecule has 4 unspecified atom stereocenters. The Kier molecular flexibility index (Phi) is 3.38. The van der Waals surface area contributed by atoms with Crippen LogP contribution in [0, 0.1) is 33.5 Å². The van der Waals surface area contributed by atoms with Gasteiger partial charge in [0.15, 0.2) is 11.6 Å². The molecule has 4 aliphatic rings. The number of carbonyl (C=O) groups excluding carboxylic acids is 2. The molecule has 0 aliphatic heterocycles. The molecule has 4 heteroatoms. The Morgan fingerprint density at radius 1 is 0.808 bits per heavy atom. The average molecular weight is 357 g/mol. The molecule has 4 fully saturated rings. The van der Waals surface area contributed by atoms with E-state index in [4.69, 9.17) is 0 Å². The van der Waals surface area contributed by atoms with E-state index in [0.29, 0.717) is 11.1 Å². The molecule has 4 atom stereocenters. The maximum absolute atomic E-state index is 12.9. The summed E-state index contributed by atoms with van der Waals surface area (Å²) in [5, 5.41) is 11.5. The lowest BCUT2D eigenvalue weighted by Crippen LogP contribution is -2.32. The Labute approximate surface area is 156 Å². The van der Waals surface area contributed by atoms with Crippen LogP contribution in [0.25, 0.3) is 0 Å². The van der Waals surface area contributed by atoms with Gasteiger partial charge in [-0.15, -0.1) is 0 Å². The van der Waals surface area contributed by atoms with Crippen molar-refractivity contribution in [1.29, 1.82) is 0 Å². The molecule has 4 aliphatic carbocycles. The number of ketones is 2. The van der Waals surface area contributed by atoms with E-state index >= 15 is 0 Å². The van der Waals surface area contributed by atoms with Crippen LogP contribution in [0.3, 0.4) is 0 Å². The van der Waals surface area contributed by atoms with Gasteiger partial charge in [-0.25, -0.2) is 5.06 Å². The molecule has 26 heavy (non-hydrogen) atoms. The fraction of sp³-hybridized carbons (Fsp3) is 0.727. The van der Waals surface area contributed by atoms with Crippen LogP contribution < -0.4 is 0 Å². The zero-order chi connectivity index (χ0) is 19.3. The lowest BCUT2D eigenvalue weighted by atomic mass is 9.70. The average Bonchev–Trinajstić information content (AvgIpc) is 3.02. The SMILES string of the molecule is CC12CCC(/C(=C/N(O)/C=C3/C(=O)C4(C)CCC3C4(C)C)C1=O)C2(C)C. The molecule has 0 radical (unpaired) electrons. The number of hydrogen-bond acceptors (Lipinski definition) is 4. The van der Waals surface area contributed by atoms with Crippen LogP contribution in [-0.4, -0.2) is 21.8 Å². The van der Waals surface area contributed by atoms with E-state index in [1.165, 1.54) is 0 Å². The number of rotatable bonds is 2. The van der Waals surface area contributed by atoms with Crippen LogP contribution in [0.1, 0.15) is 67.2 Å². The lowest BCUT2D eigenvalue weighted by molar-refractivity contribution is -0.126. The number of hydrogen-bond donors (Lipinski definition) is 1. The van der Waals surface area contributed by atoms with Crippen molar-refractivity contribution < 1.29 is 14.8 Å². The molecule has 0 heterocycles. The largest absolute Gasteiger partial charge is 0.294 e. The summed E-state index contributed by atoms with van der Waals surface area (Å²) in [4.78, 5) is 25.9. The van der Waals surface area contributed by atoms with E-state index in [-0.39, 0.29) is 45.1 Å². The van der Waals surface area contributed by atoms with Gasteiger partial charge in [-0.05, 0) is 48.3 Å². The topological polar surface area (TPSA) is 57.6 Å². The molecule has 4 saturated carbocycles. The predicted octanol–water partition coefficient (Wildman–Crippen LogP) is 4.50. The summed E-state index contributed by atoms with van der Waals surface area (Å²) >= 11 is 0. The van der Waals surface area contributed by atoms with Gasteiger partial charge in [0.2, 0.25) is 0 Å². The fourth-order valence-electron chi connectivity index (χ4n) is 6.48. The standard InChI is InChI=1S/C22H31NO3/c1-19(2)15-7-9-21(19,5)17(24)13(15)11-23(26)12-14-16-8-10-22(6,18(14)25)20(16,3)4/h11-12,15-16,26H,7-10H2,1-6H3/b13-11-,14-12+. The molecule has 0 aromatic rings. The summed E-state index contributed by atoms with van der Waals surface area (Å²) in [6.07, 6.45) is 6.94. The Balaban J connectivity index is 1.66. The second kappa shape index (κ2) is 4.89. The van der Waals surface area contributed by atoms with Crippen molar-refractivity contribution in [3.8, 4) is 0 Å². The van der Waals surface area contributed by atoms with E-state index in [2.05, 4.69) is 41.5 Å². The third-order valence-corrected chi connectivity index (χ3v) is 9.27. The van der Waals surface area contributed by atoms with E-state index in [1.807, 2.05) is 0 Å². The highest BCUT2D eigenvalue weighted by Gasteiger charge is 2.65. The molecule has 0 aromatic heterocycles. The third kappa shape index (κ3) is 1.79. The summed E-state index contributed by atoms with van der Waals surface area (Å²) in [7, 11) is 0. The number of carbonyl (C=O) groups is 2. The Morgan fingerprint density at radius 3 is 1.42 bits per heavy atom. The van der Waals surface area contributed by atoms with Crippen molar-refractivity contribution in [2.45, 2.75) is 67.2 Å². The molecule has 1 N–H and O–H groups in total. The van der Waals surface area contributed by atoms with Gasteiger partial charge < -0.3 is 0 Å². The molecule has 0 spiro atoms. The van der Waals surface area contributed by atoms with Crippen LogP contribution in [0.5, 0.6) is 0 Å². The first-order chi connectivity index (χ1) is 11.9. The van der Waals surface area contributed by atoms with Crippen LogP contribution in [0.2, 0.25) is 0 Å². The number of nitrogens with zero attached hydrogens (tertiary/aromatic N) is 1. The minimum Gasteiger partial charge on any atom is -0.294 e. The first kappa shape index (κ1) is 18.0. The molecule has 0 amide bonds. The zero-order valence-corrected chi connectivity index (χ0v) is 16.8. The van der Waals surface area contributed by atoms with Crippen molar-refractivity contribution in [2.24, 2.45) is 33.5 Å². The summed E-state index contributed by atoms with van der Waals surface area (Å²) in [6, 6.07) is 0. The predicted molar refractivity (Wildman–Crippen MR) is 99.0 cm³/mol. The molecule has 4 rings (SSSR count). The molecule has 4 bridgehead atoms. The summed E-state index contributed by atoms with van der Waals surface area (Å²) < 4.78 is 0. The van der Waals surface area contributed by atoms with Crippen molar-refractivity contribution in [2.75, 3.05) is 0 Å². The molecule has 4 nitrogen and oxygen atoms in total. The first-order valence-corrected chi connectivity index (χ1v) is 9.88. The Hall–Kier alpha value is -1.42. The number of fused-ring (bicyclic) bond motifs is 4. The zero-order valence-electron chi connectivity index (χ0n) is 16.8. The van der Waals surface area contributed by atoms with Gasteiger partial charge in [-0.2, -0.15) is 0 Å². The van der Waals surface area contributed by atoms with E-state index in [0.717, 1.165) is 30.7 Å². The lowest BCUT2D eigenvalue weighted by Gasteiger charge is -2.31. The maximum Gasteiger partial charge on any atom is 0.167 e. The van der Waals surface area contributed by atoms with Gasteiger partial charge in [0.25, 0.3) is 0 Å². The van der Waals surface area contributed by atoms with Crippen molar-refractivity contribution in [3.63, 3.8) is 0 Å². The minimum absolute atomic E-state index is 0.0817. The van der Waals surface area contributed by atoms with E-state index in [1.54, 1.807) is 12.4 Å². The van der Waals surface area contributed by atoms with Gasteiger partial charge in [-0.1, -0.05) is 41.5 Å². The molecule has 0 aromatic carbocycles. The first-order valence-electron chi connectivity index (χ1n) is 9.88. The van der Waals surface area contributed by atoms with Crippen molar-refractivity contribution in [1.82, 2.24) is 5.06 Å². The monoisotopic (exact) mass is 357 g/mol. The van der Waals surface area contributed by atoms with Gasteiger partial charge in [0.1, 0.15) is 0 Å². The number of Topliss-reactive ketones (excluding diaryl/α,β-unsaturated/α-hetero) is 2. The Bertz CT molecular complexity index is 710. The van der Waals surface area contributed by atoms with Gasteiger partial charge in [0.05, 0.1) is 0 Å². The highest BCUT2D eigenvalue weighted by molar-refractivity contribution is 6.05. The van der Waals surface area contributed by atoms with Crippen LogP contribution in [0.4, 0.5) is 0 Å². The summed E-state index contributed by atoms with van der Waals surface area (Å²) in [5.41, 5.74) is 0.585. The molecular weight excluding hydrogens is 326 g/mol. The van der Waals surface area contributed by atoms with Gasteiger partial charge >= 0.3 is 0 Å². The number of hydroxylamine groups is 2. The normalized spacial score (nSPS) is 45.3. The van der Waals surface area contributed by atoms with Gasteiger partial charge in [-0.3, -0.25) is 14.8 Å². The second-order valence-corrected chi connectivity index (χ2v) is 10.5. The second-order valence-electron chi connectivity index (χ2n) is 10.5. The number of allylic oxidation sites excluding steroid dienone is 2. The van der Waals surface area contributed by atoms with E-state index < -0.39 is 0 Å². The fourth-order valence-corrected chi connectivity index (χ4v) is 6.48. The van der Waals surface area contributed by atoms with Crippen molar-refractivity contribution in [3.05, 3.63) is 23.5 Å². The van der Waals surface area contributed by atoms with Crippen molar-refractivity contribution >= 4 is 11.6 Å². The van der Waals surface area contributed by atoms with Crippen LogP contribution in [-0.2, 0) is 9.59 Å². The summed E-state index contributed by atoms with van der Waals surface area (Å²) in [5.74, 6) is 0.668. The van der Waals surface area contributed by atoms with Crippen LogP contribution in [0.15, 0.2) is 23.5 Å². The molecule has 142 valence electrons. The summed E-state index contributed by atoms with van der Waals surface area (Å²) in [6.45, 7) is 12.7. The van der Waals surface area contributed by atoms with E-state index in [9.17, 15) is 14.8 Å². The van der Waals surface area contributed by atoms with Gasteiger partial charge in [0, 0.05) is 34.4 Å². The maximum atomic E-state index is 12.9. The van der Waals surface area contributed by atoms with Crippen LogP contribution >= 0.6 is 0 Å².